The summed E-state index contributed by atoms with van der Waals surface area (Å²) in [5.74, 6) is -0.326. The number of phosphoric ester groups is 1. The lowest BCUT2D eigenvalue weighted by Crippen LogP contribution is -2.28. The number of carbonyl (C=O) groups excluding carboxylic acids is 1. The summed E-state index contributed by atoms with van der Waals surface area (Å²) >= 11 is 0. The molecule has 0 rings (SSSR count). The van der Waals surface area contributed by atoms with E-state index in [1.54, 1.807) is 0 Å². The molecular weight excluding hydrogens is 758 g/mol. The molecular formula is C50H100NO7P. The van der Waals surface area contributed by atoms with E-state index in [2.05, 4.69) is 26.0 Å². The summed E-state index contributed by atoms with van der Waals surface area (Å²) in [5, 5.41) is 0. The van der Waals surface area contributed by atoms with Crippen molar-refractivity contribution in [3.05, 3.63) is 12.2 Å². The molecule has 0 aliphatic heterocycles. The Morgan fingerprint density at radius 3 is 1.24 bits per heavy atom. The molecule has 3 N–H and O–H groups in total. The van der Waals surface area contributed by atoms with Crippen LogP contribution in [0, 0.1) is 0 Å². The first-order valence-corrected chi connectivity index (χ1v) is 27.2. The highest BCUT2D eigenvalue weighted by Crippen LogP contribution is 2.43. The molecule has 0 saturated heterocycles. The van der Waals surface area contributed by atoms with Crippen molar-refractivity contribution >= 4 is 13.8 Å². The summed E-state index contributed by atoms with van der Waals surface area (Å²) in [6, 6.07) is 0. The minimum atomic E-state index is -4.28. The van der Waals surface area contributed by atoms with E-state index < -0.39 is 13.9 Å². The Labute approximate surface area is 366 Å². The first-order chi connectivity index (χ1) is 28.9. The molecule has 0 aromatic carbocycles. The van der Waals surface area contributed by atoms with Crippen LogP contribution in [0.4, 0.5) is 0 Å². The predicted octanol–water partition coefficient (Wildman–Crippen LogP) is 15.8. The Morgan fingerprint density at radius 1 is 0.492 bits per heavy atom. The number of unbranched alkanes of at least 4 members (excludes halogenated alkanes) is 35. The Morgan fingerprint density at radius 2 is 0.847 bits per heavy atom. The molecule has 0 saturated carbocycles. The number of esters is 1. The Hall–Kier alpha value is -0.760. The maximum atomic E-state index is 12.6. The molecule has 0 aromatic heterocycles. The highest BCUT2D eigenvalue weighted by Gasteiger charge is 2.25. The molecule has 0 aliphatic carbocycles. The van der Waals surface area contributed by atoms with E-state index in [-0.39, 0.29) is 32.3 Å². The smallest absolute Gasteiger partial charge is 0.457 e. The fourth-order valence-corrected chi connectivity index (χ4v) is 8.41. The average Bonchev–Trinajstić information content (AvgIpc) is 3.23. The zero-order chi connectivity index (χ0) is 43.0. The van der Waals surface area contributed by atoms with Gasteiger partial charge in [-0.25, -0.2) is 4.57 Å². The molecule has 0 fully saturated rings. The van der Waals surface area contributed by atoms with Crippen molar-refractivity contribution in [2.45, 2.75) is 270 Å². The minimum Gasteiger partial charge on any atom is -0.457 e. The zero-order valence-electron chi connectivity index (χ0n) is 39.3. The lowest BCUT2D eigenvalue weighted by atomic mass is 10.0. The van der Waals surface area contributed by atoms with Crippen molar-refractivity contribution in [1.82, 2.24) is 0 Å². The minimum absolute atomic E-state index is 0.0921. The molecule has 0 spiro atoms. The second-order valence-corrected chi connectivity index (χ2v) is 18.8. The second kappa shape index (κ2) is 48.3. The van der Waals surface area contributed by atoms with Gasteiger partial charge in [0.25, 0.3) is 0 Å². The molecule has 0 bridgehead atoms. The molecule has 0 aromatic rings. The molecule has 0 heterocycles. The van der Waals surface area contributed by atoms with Crippen LogP contribution in [0.1, 0.15) is 264 Å². The Kier molecular flexibility index (Phi) is 47.7. The van der Waals surface area contributed by atoms with Gasteiger partial charge in [-0.3, -0.25) is 13.8 Å². The van der Waals surface area contributed by atoms with Crippen LogP contribution in [-0.4, -0.2) is 49.9 Å². The number of rotatable bonds is 50. The average molecular weight is 858 g/mol. The lowest BCUT2D eigenvalue weighted by Gasteiger charge is -2.20. The number of phosphoric acid groups is 1. The van der Waals surface area contributed by atoms with Gasteiger partial charge in [-0.1, -0.05) is 231 Å². The molecule has 8 nitrogen and oxygen atoms in total. The van der Waals surface area contributed by atoms with Gasteiger partial charge < -0.3 is 20.1 Å². The van der Waals surface area contributed by atoms with E-state index in [0.29, 0.717) is 13.0 Å². The molecule has 59 heavy (non-hydrogen) atoms. The molecule has 0 aliphatic rings. The summed E-state index contributed by atoms with van der Waals surface area (Å²) in [4.78, 5) is 22.6. The largest absolute Gasteiger partial charge is 0.472 e. The monoisotopic (exact) mass is 858 g/mol. The van der Waals surface area contributed by atoms with E-state index in [4.69, 9.17) is 24.3 Å². The van der Waals surface area contributed by atoms with Crippen molar-refractivity contribution in [2.75, 3.05) is 33.0 Å². The number of allylic oxidation sites excluding steroid dienone is 2. The fourth-order valence-electron chi connectivity index (χ4n) is 7.64. The van der Waals surface area contributed by atoms with Crippen molar-refractivity contribution < 1.29 is 32.8 Å². The van der Waals surface area contributed by atoms with Gasteiger partial charge in [0.15, 0.2) is 0 Å². The third kappa shape index (κ3) is 48.1. The van der Waals surface area contributed by atoms with Gasteiger partial charge in [0, 0.05) is 19.6 Å². The first kappa shape index (κ1) is 58.2. The van der Waals surface area contributed by atoms with Gasteiger partial charge in [0.1, 0.15) is 6.10 Å². The summed E-state index contributed by atoms with van der Waals surface area (Å²) in [5.41, 5.74) is 5.39. The number of nitrogens with two attached hydrogens (primary N) is 1. The third-order valence-electron chi connectivity index (χ3n) is 11.4. The Balaban J connectivity index is 3.90. The van der Waals surface area contributed by atoms with Crippen LogP contribution in [0.15, 0.2) is 12.2 Å². The zero-order valence-corrected chi connectivity index (χ0v) is 40.2. The molecule has 0 radical (unpaired) electrons. The van der Waals surface area contributed by atoms with Crippen LogP contribution in [0.2, 0.25) is 0 Å². The number of hydrogen-bond acceptors (Lipinski definition) is 7. The molecule has 2 atom stereocenters. The fraction of sp³-hybridized carbons (Fsp3) is 0.940. The number of carbonyl (C=O) groups is 1. The normalized spacial score (nSPS) is 13.4. The standard InChI is InChI=1S/C50H100NO7P/c1-3-5-7-9-11-13-15-17-19-21-23-24-26-28-30-32-34-36-38-40-42-45-55-47-49(48-57-59(53,54)56-46-44-51)58-50(52)43-41-39-37-35-33-31-29-27-25-22-20-18-16-14-12-10-8-6-4-2/h18,20,49H,3-17,19,21-48,51H2,1-2H3,(H,53,54)/b20-18-. The van der Waals surface area contributed by atoms with Crippen LogP contribution >= 0.6 is 7.82 Å². The second-order valence-electron chi connectivity index (χ2n) is 17.4. The quantitative estimate of drug-likeness (QED) is 0.0269. The van der Waals surface area contributed by atoms with Crippen LogP contribution in [0.25, 0.3) is 0 Å². The van der Waals surface area contributed by atoms with Crippen molar-refractivity contribution in [3.63, 3.8) is 0 Å². The number of hydrogen-bond donors (Lipinski definition) is 2. The summed E-state index contributed by atoms with van der Waals surface area (Å²) in [6.45, 7) is 4.99. The topological polar surface area (TPSA) is 117 Å². The molecule has 2 unspecified atom stereocenters. The predicted molar refractivity (Wildman–Crippen MR) is 252 cm³/mol. The van der Waals surface area contributed by atoms with Crippen molar-refractivity contribution in [3.8, 4) is 0 Å². The van der Waals surface area contributed by atoms with Gasteiger partial charge >= 0.3 is 13.8 Å². The van der Waals surface area contributed by atoms with Crippen LogP contribution in [-0.2, 0) is 27.9 Å². The van der Waals surface area contributed by atoms with Crippen molar-refractivity contribution in [1.29, 1.82) is 0 Å². The lowest BCUT2D eigenvalue weighted by molar-refractivity contribution is -0.154. The Bertz CT molecular complexity index is 920. The number of ether oxygens (including phenoxy) is 2. The van der Waals surface area contributed by atoms with Gasteiger partial charge in [-0.15, -0.1) is 0 Å². The van der Waals surface area contributed by atoms with E-state index in [9.17, 15) is 14.3 Å². The first-order valence-electron chi connectivity index (χ1n) is 25.7. The highest BCUT2D eigenvalue weighted by atomic mass is 31.2. The van der Waals surface area contributed by atoms with Crippen molar-refractivity contribution in [2.24, 2.45) is 5.73 Å². The van der Waals surface area contributed by atoms with Crippen LogP contribution in [0.5, 0.6) is 0 Å². The summed E-state index contributed by atoms with van der Waals surface area (Å²) in [7, 11) is -4.28. The maximum absolute atomic E-state index is 12.6. The van der Waals surface area contributed by atoms with E-state index in [1.165, 1.54) is 212 Å². The molecule has 0 amide bonds. The van der Waals surface area contributed by atoms with Gasteiger partial charge in [0.05, 0.1) is 19.8 Å². The molecule has 9 heteroatoms. The van der Waals surface area contributed by atoms with E-state index in [0.717, 1.165) is 32.1 Å². The highest BCUT2D eigenvalue weighted by molar-refractivity contribution is 7.47. The SMILES string of the molecule is CCCCCCCC/C=C\CCCCCCCCCCCC(=O)OC(COCCCCCCCCCCCCCCCCCCCCCCC)COP(=O)(O)OCCN. The van der Waals surface area contributed by atoms with Crippen LogP contribution in [0.3, 0.4) is 0 Å². The van der Waals surface area contributed by atoms with Gasteiger partial charge in [-0.2, -0.15) is 0 Å². The molecule has 352 valence electrons. The third-order valence-corrected chi connectivity index (χ3v) is 12.4. The summed E-state index contributed by atoms with van der Waals surface area (Å²) in [6.07, 6.45) is 53.9. The maximum Gasteiger partial charge on any atom is 0.472 e. The van der Waals surface area contributed by atoms with Gasteiger partial charge in [0.2, 0.25) is 0 Å². The van der Waals surface area contributed by atoms with Gasteiger partial charge in [-0.05, 0) is 38.5 Å². The van der Waals surface area contributed by atoms with E-state index in [1.807, 2.05) is 0 Å². The van der Waals surface area contributed by atoms with Crippen LogP contribution < -0.4 is 5.73 Å². The summed E-state index contributed by atoms with van der Waals surface area (Å²) < 4.78 is 33.6. The van der Waals surface area contributed by atoms with E-state index >= 15 is 0 Å².